The van der Waals surface area contributed by atoms with Gasteiger partial charge in [-0.25, -0.2) is 4.39 Å². The molecule has 0 aromatic heterocycles. The number of rotatable bonds is 3. The highest BCUT2D eigenvalue weighted by atomic mass is 79.9. The van der Waals surface area contributed by atoms with E-state index in [1.807, 2.05) is 0 Å². The maximum absolute atomic E-state index is 13.7. The van der Waals surface area contributed by atoms with E-state index < -0.39 is 0 Å². The van der Waals surface area contributed by atoms with E-state index in [4.69, 9.17) is 10.5 Å². The molecule has 0 amide bonds. The predicted octanol–water partition coefficient (Wildman–Crippen LogP) is 3.92. The lowest BCUT2D eigenvalue weighted by molar-refractivity contribution is 0.415. The van der Waals surface area contributed by atoms with Crippen molar-refractivity contribution in [2.45, 2.75) is 0 Å². The van der Waals surface area contributed by atoms with Gasteiger partial charge in [-0.15, -0.1) is 0 Å². The largest absolute Gasteiger partial charge is 0.497 e. The molecule has 0 saturated heterocycles. The SMILES string of the molecule is COc1ccc(N)c(Nc2ccc(Br)cc2F)c1. The molecule has 0 aliphatic heterocycles. The van der Waals surface area contributed by atoms with Gasteiger partial charge in [0.15, 0.2) is 0 Å². The van der Waals surface area contributed by atoms with E-state index in [1.54, 1.807) is 37.4 Å². The lowest BCUT2D eigenvalue weighted by atomic mass is 10.2. The number of nitrogens with one attached hydrogen (secondary N) is 1. The zero-order valence-corrected chi connectivity index (χ0v) is 11.3. The molecular formula is C13H12BrFN2O. The van der Waals surface area contributed by atoms with Gasteiger partial charge in [0.05, 0.1) is 24.2 Å². The molecule has 0 spiro atoms. The van der Waals surface area contributed by atoms with Crippen LogP contribution in [0.1, 0.15) is 0 Å². The van der Waals surface area contributed by atoms with Gasteiger partial charge < -0.3 is 15.8 Å². The first-order valence-corrected chi connectivity index (χ1v) is 6.05. The van der Waals surface area contributed by atoms with Crippen LogP contribution in [0.4, 0.5) is 21.5 Å². The fourth-order valence-electron chi connectivity index (χ4n) is 1.51. The van der Waals surface area contributed by atoms with Gasteiger partial charge in [0, 0.05) is 10.5 Å². The van der Waals surface area contributed by atoms with E-state index in [0.29, 0.717) is 27.3 Å². The molecule has 0 radical (unpaired) electrons. The quantitative estimate of drug-likeness (QED) is 0.845. The number of hydrogen-bond acceptors (Lipinski definition) is 3. The van der Waals surface area contributed by atoms with Crippen molar-refractivity contribution in [3.8, 4) is 5.75 Å². The van der Waals surface area contributed by atoms with Gasteiger partial charge in [-0.05, 0) is 30.3 Å². The van der Waals surface area contributed by atoms with E-state index >= 15 is 0 Å². The standard InChI is InChI=1S/C13H12BrFN2O/c1-18-9-3-4-11(16)13(7-9)17-12-5-2-8(14)6-10(12)15/h2-7,17H,16H2,1H3. The highest BCUT2D eigenvalue weighted by Gasteiger charge is 2.06. The van der Waals surface area contributed by atoms with E-state index in [2.05, 4.69) is 21.2 Å². The third kappa shape index (κ3) is 2.73. The average molecular weight is 311 g/mol. The Bertz CT molecular complexity index is 575. The molecule has 0 aliphatic carbocycles. The van der Waals surface area contributed by atoms with Crippen molar-refractivity contribution >= 4 is 33.0 Å². The minimum Gasteiger partial charge on any atom is -0.497 e. The highest BCUT2D eigenvalue weighted by molar-refractivity contribution is 9.10. The van der Waals surface area contributed by atoms with E-state index in [9.17, 15) is 4.39 Å². The summed E-state index contributed by atoms with van der Waals surface area (Å²) in [7, 11) is 1.56. The molecule has 2 aromatic carbocycles. The van der Waals surface area contributed by atoms with Crippen molar-refractivity contribution in [1.82, 2.24) is 0 Å². The predicted molar refractivity (Wildman–Crippen MR) is 74.8 cm³/mol. The Labute approximate surface area is 113 Å². The Morgan fingerprint density at radius 3 is 2.61 bits per heavy atom. The second-order valence-electron chi connectivity index (χ2n) is 3.70. The van der Waals surface area contributed by atoms with Crippen LogP contribution in [0, 0.1) is 5.82 Å². The molecular weight excluding hydrogens is 299 g/mol. The molecule has 0 unspecified atom stereocenters. The molecule has 0 aliphatic rings. The molecule has 18 heavy (non-hydrogen) atoms. The number of hydrogen-bond donors (Lipinski definition) is 2. The van der Waals surface area contributed by atoms with Gasteiger partial charge >= 0.3 is 0 Å². The Balaban J connectivity index is 2.33. The van der Waals surface area contributed by atoms with Gasteiger partial charge in [-0.3, -0.25) is 0 Å². The second-order valence-corrected chi connectivity index (χ2v) is 4.62. The van der Waals surface area contributed by atoms with Crippen molar-refractivity contribution in [2.75, 3.05) is 18.2 Å². The van der Waals surface area contributed by atoms with Crippen LogP contribution in [0.2, 0.25) is 0 Å². The minimum absolute atomic E-state index is 0.355. The van der Waals surface area contributed by atoms with Crippen LogP contribution in [0.3, 0.4) is 0 Å². The highest BCUT2D eigenvalue weighted by Crippen LogP contribution is 2.29. The first-order chi connectivity index (χ1) is 8.60. The number of anilines is 3. The van der Waals surface area contributed by atoms with E-state index in [0.717, 1.165) is 0 Å². The zero-order chi connectivity index (χ0) is 13.1. The normalized spacial score (nSPS) is 10.2. The van der Waals surface area contributed by atoms with Gasteiger partial charge in [0.1, 0.15) is 11.6 Å². The lowest BCUT2D eigenvalue weighted by Crippen LogP contribution is -1.98. The summed E-state index contributed by atoms with van der Waals surface area (Å²) in [4.78, 5) is 0. The third-order valence-corrected chi connectivity index (χ3v) is 2.95. The molecule has 2 aromatic rings. The Morgan fingerprint density at radius 2 is 1.94 bits per heavy atom. The van der Waals surface area contributed by atoms with Crippen LogP contribution in [-0.4, -0.2) is 7.11 Å². The molecule has 0 saturated carbocycles. The Kier molecular flexibility index (Phi) is 3.72. The van der Waals surface area contributed by atoms with Crippen LogP contribution in [0.25, 0.3) is 0 Å². The summed E-state index contributed by atoms with van der Waals surface area (Å²) < 4.78 is 19.5. The van der Waals surface area contributed by atoms with Crippen molar-refractivity contribution in [2.24, 2.45) is 0 Å². The van der Waals surface area contributed by atoms with E-state index in [1.165, 1.54) is 6.07 Å². The zero-order valence-electron chi connectivity index (χ0n) is 9.71. The summed E-state index contributed by atoms with van der Waals surface area (Å²) in [6, 6.07) is 9.95. The van der Waals surface area contributed by atoms with Crippen molar-refractivity contribution in [3.63, 3.8) is 0 Å². The summed E-state index contributed by atoms with van der Waals surface area (Å²) >= 11 is 3.21. The van der Waals surface area contributed by atoms with Gasteiger partial charge in [-0.2, -0.15) is 0 Å². The Morgan fingerprint density at radius 1 is 1.17 bits per heavy atom. The second kappa shape index (κ2) is 5.27. The van der Waals surface area contributed by atoms with Gasteiger partial charge in [-0.1, -0.05) is 15.9 Å². The topological polar surface area (TPSA) is 47.3 Å². The monoisotopic (exact) mass is 310 g/mol. The van der Waals surface area contributed by atoms with Gasteiger partial charge in [0.25, 0.3) is 0 Å². The van der Waals surface area contributed by atoms with Crippen LogP contribution < -0.4 is 15.8 Å². The maximum atomic E-state index is 13.7. The summed E-state index contributed by atoms with van der Waals surface area (Å²) in [6.07, 6.45) is 0. The molecule has 2 rings (SSSR count). The van der Waals surface area contributed by atoms with Crippen LogP contribution in [-0.2, 0) is 0 Å². The first kappa shape index (κ1) is 12.7. The van der Waals surface area contributed by atoms with Crippen LogP contribution in [0.15, 0.2) is 40.9 Å². The smallest absolute Gasteiger partial charge is 0.147 e. The fourth-order valence-corrected chi connectivity index (χ4v) is 1.84. The number of nitrogen functional groups attached to an aromatic ring is 1. The molecule has 5 heteroatoms. The summed E-state index contributed by atoms with van der Waals surface area (Å²) in [5.74, 6) is 0.302. The molecule has 0 fully saturated rings. The number of benzene rings is 2. The summed E-state index contributed by atoms with van der Waals surface area (Å²) in [5, 5.41) is 2.94. The van der Waals surface area contributed by atoms with Gasteiger partial charge in [0.2, 0.25) is 0 Å². The number of ether oxygens (including phenoxy) is 1. The first-order valence-electron chi connectivity index (χ1n) is 5.26. The number of halogens is 2. The molecule has 0 atom stereocenters. The van der Waals surface area contributed by atoms with Crippen LogP contribution >= 0.6 is 15.9 Å². The third-order valence-electron chi connectivity index (χ3n) is 2.46. The number of nitrogens with two attached hydrogens (primary N) is 1. The van der Waals surface area contributed by atoms with E-state index in [-0.39, 0.29) is 5.82 Å². The molecule has 3 nitrogen and oxygen atoms in total. The fraction of sp³-hybridized carbons (Fsp3) is 0.0769. The average Bonchev–Trinajstić information content (AvgIpc) is 2.35. The molecule has 94 valence electrons. The molecule has 0 heterocycles. The Hall–Kier alpha value is -1.75. The molecule has 0 bridgehead atoms. The molecule has 3 N–H and O–H groups in total. The number of methoxy groups -OCH3 is 1. The van der Waals surface area contributed by atoms with Crippen molar-refractivity contribution in [3.05, 3.63) is 46.7 Å². The summed E-state index contributed by atoms with van der Waals surface area (Å²) in [5.41, 5.74) is 7.31. The van der Waals surface area contributed by atoms with Crippen molar-refractivity contribution in [1.29, 1.82) is 0 Å². The summed E-state index contributed by atoms with van der Waals surface area (Å²) in [6.45, 7) is 0. The van der Waals surface area contributed by atoms with Crippen molar-refractivity contribution < 1.29 is 9.13 Å². The lowest BCUT2D eigenvalue weighted by Gasteiger charge is -2.11. The minimum atomic E-state index is -0.355. The maximum Gasteiger partial charge on any atom is 0.147 e. The van der Waals surface area contributed by atoms with Crippen LogP contribution in [0.5, 0.6) is 5.75 Å².